The fourth-order valence-electron chi connectivity index (χ4n) is 3.89. The number of hydrogen-bond donors (Lipinski definition) is 0. The third kappa shape index (κ3) is 3.45. The number of piperidine rings is 1. The molecule has 1 unspecified atom stereocenters. The highest BCUT2D eigenvalue weighted by Crippen LogP contribution is 2.32. The van der Waals surface area contributed by atoms with Crippen LogP contribution in [0, 0.1) is 0 Å². The van der Waals surface area contributed by atoms with Gasteiger partial charge in [0.05, 0.1) is 17.9 Å². The van der Waals surface area contributed by atoms with Gasteiger partial charge in [-0.25, -0.2) is 9.50 Å². The summed E-state index contributed by atoms with van der Waals surface area (Å²) in [4.78, 5) is 21.0. The second-order valence-corrected chi connectivity index (χ2v) is 7.33. The van der Waals surface area contributed by atoms with Crippen LogP contribution in [0.4, 0.5) is 0 Å². The molecule has 0 aliphatic carbocycles. The molecule has 1 amide bonds. The summed E-state index contributed by atoms with van der Waals surface area (Å²) in [6.07, 6.45) is 6.93. The second-order valence-electron chi connectivity index (χ2n) is 7.33. The molecular formula is C21H25N5O. The Labute approximate surface area is 159 Å². The molecule has 1 aliphatic heterocycles. The van der Waals surface area contributed by atoms with Gasteiger partial charge in [0, 0.05) is 26.8 Å². The van der Waals surface area contributed by atoms with Gasteiger partial charge in [-0.15, -0.1) is 0 Å². The Bertz CT molecular complexity index is 934. The molecule has 1 aromatic carbocycles. The Kier molecular flexibility index (Phi) is 4.90. The predicted octanol–water partition coefficient (Wildman–Crippen LogP) is 3.16. The molecule has 27 heavy (non-hydrogen) atoms. The van der Waals surface area contributed by atoms with Crippen LogP contribution < -0.4 is 0 Å². The average molecular weight is 363 g/mol. The highest BCUT2D eigenvalue weighted by atomic mass is 16.2. The molecule has 6 heteroatoms. The summed E-state index contributed by atoms with van der Waals surface area (Å²) in [6, 6.07) is 12.9. The van der Waals surface area contributed by atoms with Crippen molar-refractivity contribution in [3.8, 4) is 0 Å². The van der Waals surface area contributed by atoms with Crippen LogP contribution in [0.1, 0.15) is 46.9 Å². The molecule has 0 radical (unpaired) electrons. The van der Waals surface area contributed by atoms with E-state index in [1.54, 1.807) is 31.4 Å². The summed E-state index contributed by atoms with van der Waals surface area (Å²) < 4.78 is 1.85. The minimum absolute atomic E-state index is 0.0700. The summed E-state index contributed by atoms with van der Waals surface area (Å²) in [5, 5.41) is 4.52. The smallest absolute Gasteiger partial charge is 0.258 e. The van der Waals surface area contributed by atoms with Crippen molar-refractivity contribution >= 4 is 11.6 Å². The zero-order chi connectivity index (χ0) is 18.8. The van der Waals surface area contributed by atoms with Gasteiger partial charge in [-0.1, -0.05) is 36.8 Å². The molecule has 1 aliphatic rings. The Morgan fingerprint density at radius 1 is 1.19 bits per heavy atom. The van der Waals surface area contributed by atoms with Crippen LogP contribution in [0.25, 0.3) is 5.65 Å². The number of aromatic nitrogens is 3. The number of fused-ring (bicyclic) bond motifs is 1. The standard InChI is InChI=1S/C21H25N5O/c1-24(2)21(27)17-14-23-26-19(11-12-22-20(17)26)18-10-6-7-13-25(18)15-16-8-4-3-5-9-16/h3-5,8-9,11-12,14,18H,6-7,10,13,15H2,1-2H3. The zero-order valence-electron chi connectivity index (χ0n) is 15.9. The highest BCUT2D eigenvalue weighted by Gasteiger charge is 2.27. The first-order valence-electron chi connectivity index (χ1n) is 9.47. The van der Waals surface area contributed by atoms with E-state index in [9.17, 15) is 4.79 Å². The van der Waals surface area contributed by atoms with Crippen LogP contribution in [-0.2, 0) is 6.54 Å². The fourth-order valence-corrected chi connectivity index (χ4v) is 3.89. The molecule has 4 rings (SSSR count). The summed E-state index contributed by atoms with van der Waals surface area (Å²) in [5.41, 5.74) is 3.61. The lowest BCUT2D eigenvalue weighted by Gasteiger charge is -2.36. The zero-order valence-corrected chi connectivity index (χ0v) is 15.9. The van der Waals surface area contributed by atoms with Crippen LogP contribution in [0.15, 0.2) is 48.8 Å². The maximum Gasteiger partial charge on any atom is 0.258 e. The number of amides is 1. The number of rotatable bonds is 4. The van der Waals surface area contributed by atoms with E-state index in [0.29, 0.717) is 11.2 Å². The van der Waals surface area contributed by atoms with Crippen molar-refractivity contribution in [2.45, 2.75) is 31.8 Å². The maximum atomic E-state index is 12.4. The molecule has 2 aromatic heterocycles. The van der Waals surface area contributed by atoms with Gasteiger partial charge in [-0.05, 0) is 31.0 Å². The monoisotopic (exact) mass is 363 g/mol. The van der Waals surface area contributed by atoms with E-state index in [1.807, 2.05) is 10.6 Å². The van der Waals surface area contributed by atoms with E-state index in [0.717, 1.165) is 25.2 Å². The van der Waals surface area contributed by atoms with E-state index in [4.69, 9.17) is 0 Å². The minimum Gasteiger partial charge on any atom is -0.345 e. The second kappa shape index (κ2) is 7.48. The SMILES string of the molecule is CN(C)C(=O)c1cnn2c(C3CCCCN3Cc3ccccc3)ccnc12. The summed E-state index contributed by atoms with van der Waals surface area (Å²) in [6.45, 7) is 1.98. The first-order valence-corrected chi connectivity index (χ1v) is 9.47. The quantitative estimate of drug-likeness (QED) is 0.714. The Morgan fingerprint density at radius 2 is 2.00 bits per heavy atom. The van der Waals surface area contributed by atoms with Crippen molar-refractivity contribution in [2.75, 3.05) is 20.6 Å². The van der Waals surface area contributed by atoms with Crippen LogP contribution in [0.5, 0.6) is 0 Å². The first-order chi connectivity index (χ1) is 13.1. The van der Waals surface area contributed by atoms with Gasteiger partial charge in [0.1, 0.15) is 5.56 Å². The summed E-state index contributed by atoms with van der Waals surface area (Å²) in [7, 11) is 3.50. The molecule has 0 N–H and O–H groups in total. The number of carbonyl (C=O) groups excluding carboxylic acids is 1. The van der Waals surface area contributed by atoms with Gasteiger partial charge < -0.3 is 4.90 Å². The lowest BCUT2D eigenvalue weighted by Crippen LogP contribution is -2.34. The number of hydrogen-bond acceptors (Lipinski definition) is 4. The van der Waals surface area contributed by atoms with Crippen LogP contribution in [0.3, 0.4) is 0 Å². The number of benzene rings is 1. The van der Waals surface area contributed by atoms with Crippen LogP contribution in [0.2, 0.25) is 0 Å². The third-order valence-electron chi connectivity index (χ3n) is 5.25. The van der Waals surface area contributed by atoms with Gasteiger partial charge in [0.2, 0.25) is 0 Å². The van der Waals surface area contributed by atoms with E-state index in [2.05, 4.69) is 45.3 Å². The Morgan fingerprint density at radius 3 is 2.78 bits per heavy atom. The fraction of sp³-hybridized carbons (Fsp3) is 0.381. The molecule has 6 nitrogen and oxygen atoms in total. The maximum absolute atomic E-state index is 12.4. The molecule has 3 aromatic rings. The van der Waals surface area contributed by atoms with Crippen molar-refractivity contribution in [3.05, 3.63) is 65.6 Å². The molecule has 1 fully saturated rings. The molecule has 1 saturated heterocycles. The number of likely N-dealkylation sites (tertiary alicyclic amines) is 1. The minimum atomic E-state index is -0.0700. The van der Waals surface area contributed by atoms with Crippen molar-refractivity contribution < 1.29 is 4.79 Å². The van der Waals surface area contributed by atoms with Gasteiger partial charge in [-0.3, -0.25) is 9.69 Å². The summed E-state index contributed by atoms with van der Waals surface area (Å²) >= 11 is 0. The molecule has 140 valence electrons. The Hall–Kier alpha value is -2.73. The molecule has 0 saturated carbocycles. The van der Waals surface area contributed by atoms with Gasteiger partial charge in [0.15, 0.2) is 5.65 Å². The largest absolute Gasteiger partial charge is 0.345 e. The number of nitrogens with zero attached hydrogens (tertiary/aromatic N) is 5. The van der Waals surface area contributed by atoms with E-state index < -0.39 is 0 Å². The normalized spacial score (nSPS) is 17.9. The molecule has 0 spiro atoms. The molecule has 3 heterocycles. The van der Waals surface area contributed by atoms with Crippen molar-refractivity contribution in [2.24, 2.45) is 0 Å². The average Bonchev–Trinajstić information content (AvgIpc) is 3.13. The van der Waals surface area contributed by atoms with E-state index >= 15 is 0 Å². The lowest BCUT2D eigenvalue weighted by molar-refractivity contribution is 0.0829. The highest BCUT2D eigenvalue weighted by molar-refractivity contribution is 5.99. The van der Waals surface area contributed by atoms with Gasteiger partial charge >= 0.3 is 0 Å². The van der Waals surface area contributed by atoms with Crippen molar-refractivity contribution in [1.29, 1.82) is 0 Å². The third-order valence-corrected chi connectivity index (χ3v) is 5.25. The molecule has 0 bridgehead atoms. The molecular weight excluding hydrogens is 338 g/mol. The van der Waals surface area contributed by atoms with E-state index in [1.165, 1.54) is 18.4 Å². The first kappa shape index (κ1) is 17.7. The topological polar surface area (TPSA) is 53.7 Å². The predicted molar refractivity (Wildman–Crippen MR) is 104 cm³/mol. The Balaban J connectivity index is 1.70. The number of carbonyl (C=O) groups is 1. The van der Waals surface area contributed by atoms with Crippen LogP contribution >= 0.6 is 0 Å². The molecule has 1 atom stereocenters. The van der Waals surface area contributed by atoms with E-state index in [-0.39, 0.29) is 11.9 Å². The van der Waals surface area contributed by atoms with Crippen LogP contribution in [-0.4, -0.2) is 50.9 Å². The summed E-state index contributed by atoms with van der Waals surface area (Å²) in [5.74, 6) is -0.0700. The lowest BCUT2D eigenvalue weighted by atomic mass is 9.98. The van der Waals surface area contributed by atoms with Crippen molar-refractivity contribution in [3.63, 3.8) is 0 Å². The van der Waals surface area contributed by atoms with Gasteiger partial charge in [-0.2, -0.15) is 5.10 Å². The van der Waals surface area contributed by atoms with Gasteiger partial charge in [0.25, 0.3) is 5.91 Å². The van der Waals surface area contributed by atoms with Crippen molar-refractivity contribution in [1.82, 2.24) is 24.4 Å².